The number of benzene rings is 2. The van der Waals surface area contributed by atoms with Gasteiger partial charge in [0.15, 0.2) is 12.4 Å². The molecule has 1 aromatic heterocycles. The van der Waals surface area contributed by atoms with Gasteiger partial charge >= 0.3 is 0 Å². The van der Waals surface area contributed by atoms with Gasteiger partial charge in [0.05, 0.1) is 18.8 Å². The zero-order chi connectivity index (χ0) is 17.8. The van der Waals surface area contributed by atoms with Crippen LogP contribution in [0.1, 0.15) is 11.1 Å². The van der Waals surface area contributed by atoms with E-state index in [1.54, 1.807) is 0 Å². The van der Waals surface area contributed by atoms with Crippen LogP contribution in [0.2, 0.25) is 0 Å². The summed E-state index contributed by atoms with van der Waals surface area (Å²) in [7, 11) is 0. The van der Waals surface area contributed by atoms with Crippen LogP contribution in [0, 0.1) is 6.92 Å². The lowest BCUT2D eigenvalue weighted by Crippen LogP contribution is -3.00. The average Bonchev–Trinajstić information content (AvgIpc) is 2.71. The molecular formula is C22H24ClN3O. The molecule has 27 heavy (non-hydrogen) atoms. The molecule has 0 N–H and O–H groups in total. The minimum Gasteiger partial charge on any atom is -1.00 e. The second-order valence-electron chi connectivity index (χ2n) is 6.74. The number of ether oxygens (including phenoxy) is 1. The Kier molecular flexibility index (Phi) is 6.43. The predicted molar refractivity (Wildman–Crippen MR) is 103 cm³/mol. The maximum Gasteiger partial charge on any atom is 0.204 e. The topological polar surface area (TPSA) is 29.2 Å². The van der Waals surface area contributed by atoms with E-state index in [0.29, 0.717) is 0 Å². The van der Waals surface area contributed by atoms with Crippen LogP contribution in [0.4, 0.5) is 5.82 Å². The van der Waals surface area contributed by atoms with E-state index in [1.807, 2.05) is 6.07 Å². The maximum absolute atomic E-state index is 5.50. The van der Waals surface area contributed by atoms with Crippen molar-refractivity contribution < 1.29 is 21.8 Å². The molecule has 1 aliphatic heterocycles. The number of morpholine rings is 1. The summed E-state index contributed by atoms with van der Waals surface area (Å²) in [6.45, 7) is 6.16. The molecule has 0 unspecified atom stereocenters. The molecule has 0 atom stereocenters. The van der Waals surface area contributed by atoms with E-state index in [4.69, 9.17) is 9.84 Å². The molecule has 1 fully saturated rings. The molecule has 0 amide bonds. The highest BCUT2D eigenvalue weighted by Crippen LogP contribution is 2.22. The quantitative estimate of drug-likeness (QED) is 0.606. The SMILES string of the molecule is Cc1ccc(C[n+]2cc(-c3ccccc3)cc(N3CCOCC3)n2)cc1.[Cl-]. The van der Waals surface area contributed by atoms with E-state index in [0.717, 1.165) is 38.7 Å². The van der Waals surface area contributed by atoms with E-state index < -0.39 is 0 Å². The maximum atomic E-state index is 5.50. The van der Waals surface area contributed by atoms with Gasteiger partial charge in [0.25, 0.3) is 0 Å². The van der Waals surface area contributed by atoms with Gasteiger partial charge in [-0.25, -0.2) is 0 Å². The summed E-state index contributed by atoms with van der Waals surface area (Å²) in [4.78, 5) is 2.31. The van der Waals surface area contributed by atoms with Crippen molar-refractivity contribution in [3.8, 4) is 11.1 Å². The number of hydrogen-bond acceptors (Lipinski definition) is 3. The molecule has 4 rings (SSSR count). The summed E-state index contributed by atoms with van der Waals surface area (Å²) in [5, 5.41) is 4.89. The largest absolute Gasteiger partial charge is 1.00 e. The van der Waals surface area contributed by atoms with Crippen LogP contribution in [0.5, 0.6) is 0 Å². The number of aryl methyl sites for hydroxylation is 1. The number of aromatic nitrogens is 2. The normalized spacial score (nSPS) is 13.9. The minimum atomic E-state index is 0. The van der Waals surface area contributed by atoms with Crippen molar-refractivity contribution in [2.45, 2.75) is 13.5 Å². The lowest BCUT2D eigenvalue weighted by Gasteiger charge is -2.26. The molecule has 0 bridgehead atoms. The summed E-state index contributed by atoms with van der Waals surface area (Å²) < 4.78 is 7.55. The third-order valence-corrected chi connectivity index (χ3v) is 4.71. The van der Waals surface area contributed by atoms with Gasteiger partial charge in [-0.2, -0.15) is 0 Å². The highest BCUT2D eigenvalue weighted by atomic mass is 35.5. The first-order chi connectivity index (χ1) is 12.8. The molecular weight excluding hydrogens is 358 g/mol. The van der Waals surface area contributed by atoms with Gasteiger partial charge in [0, 0.05) is 29.8 Å². The Balaban J connectivity index is 0.00000210. The molecule has 5 heteroatoms. The van der Waals surface area contributed by atoms with Crippen LogP contribution in [0.15, 0.2) is 66.9 Å². The van der Waals surface area contributed by atoms with Crippen molar-refractivity contribution in [3.05, 3.63) is 78.0 Å². The Labute approximate surface area is 166 Å². The van der Waals surface area contributed by atoms with Crippen molar-refractivity contribution >= 4 is 5.82 Å². The van der Waals surface area contributed by atoms with Gasteiger partial charge in [-0.15, -0.1) is 0 Å². The summed E-state index contributed by atoms with van der Waals surface area (Å²) in [6.07, 6.45) is 2.14. The second kappa shape index (κ2) is 8.98. The third kappa shape index (κ3) is 4.85. The van der Waals surface area contributed by atoms with Crippen LogP contribution >= 0.6 is 0 Å². The molecule has 1 aliphatic rings. The van der Waals surface area contributed by atoms with Crippen LogP contribution in [-0.4, -0.2) is 31.4 Å². The van der Waals surface area contributed by atoms with E-state index >= 15 is 0 Å². The fraction of sp³-hybridized carbons (Fsp3) is 0.273. The number of rotatable bonds is 4. The third-order valence-electron chi connectivity index (χ3n) is 4.71. The number of halogens is 1. The van der Waals surface area contributed by atoms with Gasteiger partial charge in [-0.1, -0.05) is 64.8 Å². The standard InChI is InChI=1S/C22H24N3O.ClH/c1-18-7-9-19(10-8-18)16-25-17-21(20-5-3-2-4-6-20)15-22(23-25)24-11-13-26-14-12-24;/h2-10,15,17H,11-14,16H2,1H3;1H/q+1;/p-1. The summed E-state index contributed by atoms with van der Waals surface area (Å²) in [6, 6.07) is 21.3. The predicted octanol–water partition coefficient (Wildman–Crippen LogP) is 0.233. The number of anilines is 1. The molecule has 2 aromatic carbocycles. The molecule has 140 valence electrons. The molecule has 1 saturated heterocycles. The fourth-order valence-corrected chi connectivity index (χ4v) is 3.22. The average molecular weight is 382 g/mol. The zero-order valence-electron chi connectivity index (χ0n) is 15.5. The van der Waals surface area contributed by atoms with Crippen molar-refractivity contribution in [1.82, 2.24) is 5.10 Å². The van der Waals surface area contributed by atoms with Gasteiger partial charge in [-0.3, -0.25) is 0 Å². The lowest BCUT2D eigenvalue weighted by atomic mass is 10.1. The summed E-state index contributed by atoms with van der Waals surface area (Å²) in [5.74, 6) is 1.02. The highest BCUT2D eigenvalue weighted by Gasteiger charge is 2.19. The van der Waals surface area contributed by atoms with E-state index in [-0.39, 0.29) is 12.4 Å². The Hall–Kier alpha value is -2.43. The van der Waals surface area contributed by atoms with Crippen molar-refractivity contribution in [3.63, 3.8) is 0 Å². The van der Waals surface area contributed by atoms with Gasteiger partial charge in [-0.05, 0) is 12.5 Å². The molecule has 0 radical (unpaired) electrons. The first-order valence-electron chi connectivity index (χ1n) is 9.13. The first-order valence-corrected chi connectivity index (χ1v) is 9.13. The van der Waals surface area contributed by atoms with Crippen LogP contribution < -0.4 is 22.0 Å². The Bertz CT molecular complexity index is 862. The minimum absolute atomic E-state index is 0. The van der Waals surface area contributed by atoms with Crippen molar-refractivity contribution in [2.75, 3.05) is 31.2 Å². The van der Waals surface area contributed by atoms with E-state index in [9.17, 15) is 0 Å². The highest BCUT2D eigenvalue weighted by molar-refractivity contribution is 5.64. The van der Waals surface area contributed by atoms with Gasteiger partial charge in [0.2, 0.25) is 6.20 Å². The number of hydrogen-bond donors (Lipinski definition) is 0. The van der Waals surface area contributed by atoms with Crippen LogP contribution in [-0.2, 0) is 11.3 Å². The molecule has 0 aliphatic carbocycles. The summed E-state index contributed by atoms with van der Waals surface area (Å²) >= 11 is 0. The second-order valence-corrected chi connectivity index (χ2v) is 6.74. The van der Waals surface area contributed by atoms with Crippen molar-refractivity contribution in [1.29, 1.82) is 0 Å². The van der Waals surface area contributed by atoms with E-state index in [2.05, 4.69) is 77.3 Å². The lowest BCUT2D eigenvalue weighted by molar-refractivity contribution is -0.744. The van der Waals surface area contributed by atoms with E-state index in [1.165, 1.54) is 22.3 Å². The Morgan fingerprint density at radius 3 is 2.37 bits per heavy atom. The molecule has 2 heterocycles. The van der Waals surface area contributed by atoms with Gasteiger partial charge in [0.1, 0.15) is 0 Å². The molecule has 3 aromatic rings. The zero-order valence-corrected chi connectivity index (χ0v) is 16.3. The Morgan fingerprint density at radius 2 is 1.67 bits per heavy atom. The smallest absolute Gasteiger partial charge is 0.204 e. The Morgan fingerprint density at radius 1 is 0.963 bits per heavy atom. The monoisotopic (exact) mass is 381 g/mol. The first kappa shape index (κ1) is 19.3. The summed E-state index contributed by atoms with van der Waals surface area (Å²) in [5.41, 5.74) is 4.93. The fourth-order valence-electron chi connectivity index (χ4n) is 3.22. The number of nitrogens with zero attached hydrogens (tertiary/aromatic N) is 3. The molecule has 4 nitrogen and oxygen atoms in total. The molecule has 0 saturated carbocycles. The van der Waals surface area contributed by atoms with Crippen LogP contribution in [0.25, 0.3) is 11.1 Å². The molecule has 0 spiro atoms. The van der Waals surface area contributed by atoms with Gasteiger partial charge < -0.3 is 22.0 Å². The van der Waals surface area contributed by atoms with Crippen LogP contribution in [0.3, 0.4) is 0 Å². The van der Waals surface area contributed by atoms with Crippen molar-refractivity contribution in [2.24, 2.45) is 0 Å².